The second kappa shape index (κ2) is 8.77. The maximum atomic E-state index is 13.3. The molecule has 1 aliphatic carbocycles. The van der Waals surface area contributed by atoms with Gasteiger partial charge in [-0.05, 0) is 49.1 Å². The van der Waals surface area contributed by atoms with E-state index in [4.69, 9.17) is 4.98 Å². The van der Waals surface area contributed by atoms with Crippen LogP contribution < -0.4 is 15.8 Å². The number of anilines is 2. The smallest absolute Gasteiger partial charge is 0.257 e. The Balaban J connectivity index is 1.88. The number of fused-ring (bicyclic) bond motifs is 1. The summed E-state index contributed by atoms with van der Waals surface area (Å²) >= 11 is 1.50. The van der Waals surface area contributed by atoms with E-state index in [0.29, 0.717) is 23.0 Å². The van der Waals surface area contributed by atoms with Gasteiger partial charge in [-0.1, -0.05) is 44.7 Å². The summed E-state index contributed by atoms with van der Waals surface area (Å²) < 4.78 is 0. The lowest BCUT2D eigenvalue weighted by molar-refractivity contribution is -0.118. The number of aromatic nitrogens is 2. The molecule has 0 saturated heterocycles. The van der Waals surface area contributed by atoms with E-state index >= 15 is 0 Å². The molecule has 4 rings (SSSR count). The Morgan fingerprint density at radius 1 is 1.09 bits per heavy atom. The average Bonchev–Trinajstić information content (AvgIpc) is 2.73. The van der Waals surface area contributed by atoms with E-state index < -0.39 is 5.92 Å². The molecule has 0 amide bonds. The van der Waals surface area contributed by atoms with Crippen LogP contribution in [0.2, 0.25) is 0 Å². The summed E-state index contributed by atoms with van der Waals surface area (Å²) in [4.78, 5) is 36.5. The van der Waals surface area contributed by atoms with Crippen molar-refractivity contribution in [1.82, 2.24) is 9.97 Å². The summed E-state index contributed by atoms with van der Waals surface area (Å²) in [6.07, 6.45) is 1.23. The number of thioether (sulfide) groups is 1. The summed E-state index contributed by atoms with van der Waals surface area (Å²) in [6, 6.07) is 8.29. The second-order valence-electron chi connectivity index (χ2n) is 9.22. The van der Waals surface area contributed by atoms with Crippen LogP contribution in [-0.4, -0.2) is 34.6 Å². The third-order valence-electron chi connectivity index (χ3n) is 6.34. The van der Waals surface area contributed by atoms with Crippen LogP contribution in [0.25, 0.3) is 0 Å². The number of aromatic amines is 1. The Bertz CT molecular complexity index is 1110. The maximum Gasteiger partial charge on any atom is 0.257 e. The molecule has 2 N–H and O–H groups in total. The van der Waals surface area contributed by atoms with Gasteiger partial charge in [-0.25, -0.2) is 4.98 Å². The number of hydrogen-bond donors (Lipinski definition) is 2. The highest BCUT2D eigenvalue weighted by Crippen LogP contribution is 2.47. The lowest BCUT2D eigenvalue weighted by atomic mass is 9.69. The number of benzene rings is 1. The first-order valence-electron chi connectivity index (χ1n) is 11.4. The minimum atomic E-state index is -0.410. The fraction of sp³-hybridized carbons (Fsp3) is 0.480. The molecule has 2 aliphatic rings. The minimum Gasteiger partial charge on any atom is -0.372 e. The molecular formula is C25H32N4O2S. The number of rotatable bonds is 6. The van der Waals surface area contributed by atoms with Gasteiger partial charge in [0, 0.05) is 42.4 Å². The fourth-order valence-electron chi connectivity index (χ4n) is 4.90. The van der Waals surface area contributed by atoms with Crippen molar-refractivity contribution in [1.29, 1.82) is 0 Å². The van der Waals surface area contributed by atoms with Gasteiger partial charge in [0.15, 0.2) is 10.9 Å². The van der Waals surface area contributed by atoms with Crippen molar-refractivity contribution < 1.29 is 4.79 Å². The van der Waals surface area contributed by atoms with Crippen molar-refractivity contribution in [3.05, 3.63) is 57.0 Å². The van der Waals surface area contributed by atoms with E-state index in [9.17, 15) is 9.59 Å². The average molecular weight is 453 g/mol. The van der Waals surface area contributed by atoms with Crippen molar-refractivity contribution in [2.75, 3.05) is 29.1 Å². The van der Waals surface area contributed by atoms with Crippen LogP contribution in [0.3, 0.4) is 0 Å². The molecule has 1 atom stereocenters. The van der Waals surface area contributed by atoms with Gasteiger partial charge in [0.25, 0.3) is 5.56 Å². The number of hydrogen-bond acceptors (Lipinski definition) is 6. The van der Waals surface area contributed by atoms with E-state index in [1.807, 2.05) is 6.92 Å². The maximum absolute atomic E-state index is 13.3. The molecule has 2 heterocycles. The zero-order valence-electron chi connectivity index (χ0n) is 19.5. The molecule has 0 fully saturated rings. The second-order valence-corrected chi connectivity index (χ2v) is 10.5. The molecule has 0 unspecified atom stereocenters. The molecule has 0 radical (unpaired) electrons. The molecule has 0 saturated carbocycles. The van der Waals surface area contributed by atoms with Gasteiger partial charge >= 0.3 is 0 Å². The van der Waals surface area contributed by atoms with E-state index in [2.05, 4.69) is 67.2 Å². The van der Waals surface area contributed by atoms with Crippen LogP contribution in [0, 0.1) is 5.41 Å². The molecule has 2 aromatic rings. The first kappa shape index (κ1) is 22.6. The zero-order chi connectivity index (χ0) is 23.0. The summed E-state index contributed by atoms with van der Waals surface area (Å²) in [5.74, 6) is 1.09. The quantitative estimate of drug-likeness (QED) is 0.478. The van der Waals surface area contributed by atoms with Crippen molar-refractivity contribution in [2.24, 2.45) is 5.41 Å². The molecule has 6 nitrogen and oxygen atoms in total. The standard InChI is InChI=1S/C25H32N4O2S/c1-6-29(7-2)16-11-9-15(10-12-16)19-20-17(13-25(4,5)14-18(20)30)26-22-21(19)23(31)28-24(27-22)32-8-3/h9-12,19H,6-8,13-14H2,1-5H3,(H2,26,27,28,31)/t19-/m1/s1. The van der Waals surface area contributed by atoms with Crippen molar-refractivity contribution in [3.8, 4) is 0 Å². The van der Waals surface area contributed by atoms with E-state index in [1.54, 1.807) is 0 Å². The van der Waals surface area contributed by atoms with Gasteiger partial charge in [0.2, 0.25) is 0 Å². The molecule has 0 bridgehead atoms. The molecule has 1 aromatic carbocycles. The largest absolute Gasteiger partial charge is 0.372 e. The molecule has 1 aliphatic heterocycles. The number of nitrogens with one attached hydrogen (secondary N) is 2. The van der Waals surface area contributed by atoms with Crippen LogP contribution in [-0.2, 0) is 4.79 Å². The Labute approximate surface area is 193 Å². The van der Waals surface area contributed by atoms with E-state index in [0.717, 1.165) is 47.8 Å². The lowest BCUT2D eigenvalue weighted by Gasteiger charge is -2.38. The molecule has 1 aromatic heterocycles. The van der Waals surface area contributed by atoms with Gasteiger partial charge in [-0.3, -0.25) is 9.59 Å². The molecule has 0 spiro atoms. The normalized spacial score (nSPS) is 19.3. The van der Waals surface area contributed by atoms with Crippen LogP contribution in [0.4, 0.5) is 11.5 Å². The zero-order valence-corrected chi connectivity index (χ0v) is 20.4. The fourth-order valence-corrected chi connectivity index (χ4v) is 5.49. The summed E-state index contributed by atoms with van der Waals surface area (Å²) in [6.45, 7) is 12.4. The van der Waals surface area contributed by atoms with Gasteiger partial charge < -0.3 is 15.2 Å². The highest BCUT2D eigenvalue weighted by molar-refractivity contribution is 7.99. The number of allylic oxidation sites excluding steroid dienone is 2. The van der Waals surface area contributed by atoms with E-state index in [-0.39, 0.29) is 16.8 Å². The van der Waals surface area contributed by atoms with Crippen LogP contribution in [0.5, 0.6) is 0 Å². The first-order chi connectivity index (χ1) is 15.3. The molecular weight excluding hydrogens is 420 g/mol. The number of Topliss-reactive ketones (excluding diaryl/α,β-unsaturated/α-hetero) is 1. The molecule has 32 heavy (non-hydrogen) atoms. The number of nitrogens with zero attached hydrogens (tertiary/aromatic N) is 2. The summed E-state index contributed by atoms with van der Waals surface area (Å²) in [5, 5.41) is 3.98. The van der Waals surface area contributed by atoms with Crippen molar-refractivity contribution >= 4 is 29.1 Å². The number of H-pyrrole nitrogens is 1. The summed E-state index contributed by atoms with van der Waals surface area (Å²) in [7, 11) is 0. The number of carbonyl (C=O) groups is 1. The van der Waals surface area contributed by atoms with E-state index in [1.165, 1.54) is 11.8 Å². The first-order valence-corrected chi connectivity index (χ1v) is 12.4. The Hall–Kier alpha value is -2.54. The SMILES string of the molecule is CCSc1nc2c(c(=O)[nH]1)[C@H](c1ccc(N(CC)CC)cc1)C1=C(CC(C)(C)CC1=O)N2. The topological polar surface area (TPSA) is 78.1 Å². The number of ketones is 1. The van der Waals surface area contributed by atoms with Crippen LogP contribution in [0.1, 0.15) is 64.5 Å². The number of carbonyl (C=O) groups excluding carboxylic acids is 1. The van der Waals surface area contributed by atoms with Crippen molar-refractivity contribution in [3.63, 3.8) is 0 Å². The van der Waals surface area contributed by atoms with Gasteiger partial charge in [0.1, 0.15) is 5.82 Å². The third kappa shape index (κ3) is 4.10. The molecule has 170 valence electrons. The highest BCUT2D eigenvalue weighted by Gasteiger charge is 2.42. The van der Waals surface area contributed by atoms with Crippen LogP contribution in [0.15, 0.2) is 45.5 Å². The Kier molecular flexibility index (Phi) is 6.21. The van der Waals surface area contributed by atoms with Gasteiger partial charge in [-0.15, -0.1) is 0 Å². The minimum absolute atomic E-state index is 0.110. The predicted octanol–water partition coefficient (Wildman–Crippen LogP) is 4.93. The summed E-state index contributed by atoms with van der Waals surface area (Å²) in [5.41, 5.74) is 3.94. The third-order valence-corrected chi connectivity index (χ3v) is 7.09. The van der Waals surface area contributed by atoms with Gasteiger partial charge in [0.05, 0.1) is 5.56 Å². The monoisotopic (exact) mass is 452 g/mol. The highest BCUT2D eigenvalue weighted by atomic mass is 32.2. The lowest BCUT2D eigenvalue weighted by Crippen LogP contribution is -2.37. The van der Waals surface area contributed by atoms with Crippen molar-refractivity contribution in [2.45, 2.75) is 58.5 Å². The van der Waals surface area contributed by atoms with Gasteiger partial charge in [-0.2, -0.15) is 0 Å². The van der Waals surface area contributed by atoms with Crippen LogP contribution >= 0.6 is 11.8 Å². The Morgan fingerprint density at radius 2 is 1.78 bits per heavy atom. The predicted molar refractivity (Wildman–Crippen MR) is 132 cm³/mol. The molecule has 7 heteroatoms. The Morgan fingerprint density at radius 3 is 2.41 bits per heavy atom.